The highest BCUT2D eigenvalue weighted by Gasteiger charge is 2.46. The van der Waals surface area contributed by atoms with Gasteiger partial charge in [0.05, 0.1) is 13.7 Å². The van der Waals surface area contributed by atoms with Gasteiger partial charge in [-0.15, -0.1) is 0 Å². The molecule has 0 fully saturated rings. The Hall–Kier alpha value is -2.11. The number of rotatable bonds is 19. The summed E-state index contributed by atoms with van der Waals surface area (Å²) >= 11 is 0. The molecule has 6 heteroatoms. The number of benzene rings is 1. The van der Waals surface area contributed by atoms with E-state index in [1.807, 2.05) is 0 Å². The van der Waals surface area contributed by atoms with Gasteiger partial charge in [-0.3, -0.25) is 9.59 Å². The molecule has 34 heavy (non-hydrogen) atoms. The summed E-state index contributed by atoms with van der Waals surface area (Å²) in [6.45, 7) is 6.06. The lowest BCUT2D eigenvalue weighted by Crippen LogP contribution is -2.42. The molecule has 0 amide bonds. The Kier molecular flexibility index (Phi) is 15.3. The second-order valence-electron chi connectivity index (χ2n) is 9.00. The second-order valence-corrected chi connectivity index (χ2v) is 9.00. The summed E-state index contributed by atoms with van der Waals surface area (Å²) in [4.78, 5) is 25.8. The van der Waals surface area contributed by atoms with E-state index in [9.17, 15) is 14.0 Å². The van der Waals surface area contributed by atoms with Crippen molar-refractivity contribution in [3.8, 4) is 11.5 Å². The zero-order valence-electron chi connectivity index (χ0n) is 21.8. The summed E-state index contributed by atoms with van der Waals surface area (Å²) in [6, 6.07) is 3.63. The van der Waals surface area contributed by atoms with Crippen LogP contribution in [0.4, 0.5) is 4.39 Å². The maximum Gasteiger partial charge on any atom is 0.328 e. The van der Waals surface area contributed by atoms with Gasteiger partial charge in [-0.05, 0) is 31.4 Å². The highest BCUT2D eigenvalue weighted by Crippen LogP contribution is 2.34. The van der Waals surface area contributed by atoms with Gasteiger partial charge in [0.25, 0.3) is 0 Å². The third kappa shape index (κ3) is 10.0. The van der Waals surface area contributed by atoms with E-state index in [0.717, 1.165) is 25.3 Å². The van der Waals surface area contributed by atoms with Gasteiger partial charge in [-0.2, -0.15) is 0 Å². The lowest BCUT2D eigenvalue weighted by molar-refractivity contribution is -0.168. The van der Waals surface area contributed by atoms with Crippen LogP contribution in [0.15, 0.2) is 18.2 Å². The quantitative estimate of drug-likeness (QED) is 0.0875. The summed E-state index contributed by atoms with van der Waals surface area (Å²) < 4.78 is 29.4. The fraction of sp³-hybridized carbons (Fsp3) is 0.714. The third-order valence-corrected chi connectivity index (χ3v) is 6.55. The van der Waals surface area contributed by atoms with Crippen LogP contribution in [-0.4, -0.2) is 25.7 Å². The van der Waals surface area contributed by atoms with Crippen molar-refractivity contribution in [1.82, 2.24) is 0 Å². The Morgan fingerprint density at radius 1 is 0.765 bits per heavy atom. The van der Waals surface area contributed by atoms with E-state index in [0.29, 0.717) is 6.61 Å². The average molecular weight is 481 g/mol. The lowest BCUT2D eigenvalue weighted by atomic mass is 9.82. The van der Waals surface area contributed by atoms with Crippen molar-refractivity contribution in [2.75, 3.05) is 13.7 Å². The zero-order chi connectivity index (χ0) is 25.2. The maximum atomic E-state index is 13.4. The van der Waals surface area contributed by atoms with E-state index in [-0.39, 0.29) is 24.3 Å². The number of hydrogen-bond donors (Lipinski definition) is 0. The minimum absolute atomic E-state index is 0.0777. The van der Waals surface area contributed by atoms with E-state index >= 15 is 0 Å². The molecule has 0 aliphatic rings. The van der Waals surface area contributed by atoms with Gasteiger partial charge >= 0.3 is 11.9 Å². The predicted molar refractivity (Wildman–Crippen MR) is 134 cm³/mol. The molecule has 0 heterocycles. The van der Waals surface area contributed by atoms with Gasteiger partial charge in [0.2, 0.25) is 0 Å². The first-order valence-corrected chi connectivity index (χ1v) is 13.2. The first-order chi connectivity index (χ1) is 16.4. The standard InChI is InChI=1S/C28H45FO5/c1-5-8-9-10-11-12-13-14-15-16-17-18-21-33-26(30)28(6-2,7-3)27(31)34-24-20-19-23(29)22-25(24)32-4/h19-20,22H,5-18,21H2,1-4H3. The van der Waals surface area contributed by atoms with Crippen LogP contribution >= 0.6 is 0 Å². The first kappa shape index (κ1) is 29.9. The van der Waals surface area contributed by atoms with Crippen molar-refractivity contribution in [2.45, 2.75) is 111 Å². The smallest absolute Gasteiger partial charge is 0.328 e. The van der Waals surface area contributed by atoms with E-state index in [4.69, 9.17) is 14.2 Å². The summed E-state index contributed by atoms with van der Waals surface area (Å²) in [6.07, 6.45) is 15.3. The number of carbonyl (C=O) groups excluding carboxylic acids is 2. The van der Waals surface area contributed by atoms with E-state index in [1.54, 1.807) is 13.8 Å². The average Bonchev–Trinajstić information content (AvgIpc) is 2.84. The molecule has 1 rings (SSSR count). The van der Waals surface area contributed by atoms with Crippen LogP contribution in [0.5, 0.6) is 11.5 Å². The fourth-order valence-electron chi connectivity index (χ4n) is 4.08. The van der Waals surface area contributed by atoms with Crippen molar-refractivity contribution in [1.29, 1.82) is 0 Å². The first-order valence-electron chi connectivity index (χ1n) is 13.2. The van der Waals surface area contributed by atoms with Crippen molar-refractivity contribution in [2.24, 2.45) is 5.41 Å². The highest BCUT2D eigenvalue weighted by molar-refractivity contribution is 6.00. The summed E-state index contributed by atoms with van der Waals surface area (Å²) in [5, 5.41) is 0. The zero-order valence-corrected chi connectivity index (χ0v) is 21.8. The molecule has 1 aromatic rings. The monoisotopic (exact) mass is 480 g/mol. The molecule has 1 aromatic carbocycles. The number of esters is 2. The number of methoxy groups -OCH3 is 1. The molecule has 0 saturated heterocycles. The third-order valence-electron chi connectivity index (χ3n) is 6.55. The van der Waals surface area contributed by atoms with Crippen molar-refractivity contribution in [3.63, 3.8) is 0 Å². The molecule has 0 aromatic heterocycles. The number of carbonyl (C=O) groups is 2. The van der Waals surface area contributed by atoms with Gasteiger partial charge in [0.1, 0.15) is 5.82 Å². The van der Waals surface area contributed by atoms with Crippen molar-refractivity contribution in [3.05, 3.63) is 24.0 Å². The lowest BCUT2D eigenvalue weighted by Gasteiger charge is -2.27. The summed E-state index contributed by atoms with van der Waals surface area (Å²) in [5.74, 6) is -1.60. The minimum Gasteiger partial charge on any atom is -0.493 e. The van der Waals surface area contributed by atoms with Gasteiger partial charge in [-0.25, -0.2) is 4.39 Å². The minimum atomic E-state index is -1.39. The topological polar surface area (TPSA) is 61.8 Å². The molecule has 0 bridgehead atoms. The van der Waals surface area contributed by atoms with Crippen LogP contribution in [0.3, 0.4) is 0 Å². The summed E-state index contributed by atoms with van der Waals surface area (Å²) in [5.41, 5.74) is -1.39. The fourth-order valence-corrected chi connectivity index (χ4v) is 4.08. The van der Waals surface area contributed by atoms with Gasteiger partial charge in [0.15, 0.2) is 16.9 Å². The van der Waals surface area contributed by atoms with Crippen LogP contribution in [0.25, 0.3) is 0 Å². The highest BCUT2D eigenvalue weighted by atomic mass is 19.1. The molecule has 0 aliphatic carbocycles. The number of hydrogen-bond acceptors (Lipinski definition) is 5. The molecule has 0 aliphatic heterocycles. The van der Waals surface area contributed by atoms with Crippen LogP contribution < -0.4 is 9.47 Å². The predicted octanol–water partition coefficient (Wildman–Crippen LogP) is 7.79. The molecule has 5 nitrogen and oxygen atoms in total. The molecule has 0 unspecified atom stereocenters. The van der Waals surface area contributed by atoms with Gasteiger partial charge < -0.3 is 14.2 Å². The van der Waals surface area contributed by atoms with Gasteiger partial charge in [-0.1, -0.05) is 91.4 Å². The Labute approximate surface area is 205 Å². The number of ether oxygens (including phenoxy) is 3. The maximum absolute atomic E-state index is 13.4. The Balaban J connectivity index is 2.37. The van der Waals surface area contributed by atoms with Crippen molar-refractivity contribution < 1.29 is 28.2 Å². The molecule has 194 valence electrons. The van der Waals surface area contributed by atoms with E-state index < -0.39 is 23.2 Å². The Morgan fingerprint density at radius 3 is 1.79 bits per heavy atom. The Morgan fingerprint density at radius 2 is 1.29 bits per heavy atom. The SMILES string of the molecule is CCCCCCCCCCCCCCOC(=O)C(CC)(CC)C(=O)Oc1ccc(F)cc1OC. The summed E-state index contributed by atoms with van der Waals surface area (Å²) in [7, 11) is 1.36. The van der Waals surface area contributed by atoms with E-state index in [1.165, 1.54) is 77.0 Å². The molecule has 0 atom stereocenters. The molecule has 0 radical (unpaired) electrons. The van der Waals surface area contributed by atoms with Crippen LogP contribution in [0, 0.1) is 11.2 Å². The number of unbranched alkanes of at least 4 members (excludes halogenated alkanes) is 11. The molecular weight excluding hydrogens is 435 g/mol. The normalized spacial score (nSPS) is 11.3. The van der Waals surface area contributed by atoms with Gasteiger partial charge in [0, 0.05) is 6.07 Å². The van der Waals surface area contributed by atoms with Crippen LogP contribution in [0.1, 0.15) is 111 Å². The molecule has 0 N–H and O–H groups in total. The molecule has 0 spiro atoms. The number of halogens is 1. The molecular formula is C28H45FO5. The largest absolute Gasteiger partial charge is 0.493 e. The van der Waals surface area contributed by atoms with Crippen LogP contribution in [-0.2, 0) is 14.3 Å². The van der Waals surface area contributed by atoms with Crippen molar-refractivity contribution >= 4 is 11.9 Å². The Bertz CT molecular complexity index is 715. The van der Waals surface area contributed by atoms with E-state index in [2.05, 4.69) is 6.92 Å². The molecule has 0 saturated carbocycles. The van der Waals surface area contributed by atoms with Crippen LogP contribution in [0.2, 0.25) is 0 Å². The second kappa shape index (κ2) is 17.3.